The molecule has 0 saturated carbocycles. The van der Waals surface area contributed by atoms with E-state index in [-0.39, 0.29) is 16.7 Å². The summed E-state index contributed by atoms with van der Waals surface area (Å²) in [5.41, 5.74) is 4.31. The lowest BCUT2D eigenvalue weighted by atomic mass is 9.97. The van der Waals surface area contributed by atoms with Gasteiger partial charge in [0.1, 0.15) is 5.75 Å². The number of methoxy groups -OCH3 is 1. The van der Waals surface area contributed by atoms with Crippen LogP contribution in [0, 0.1) is 5.92 Å². The number of ether oxygens (including phenoxy) is 1. The van der Waals surface area contributed by atoms with Crippen molar-refractivity contribution in [1.82, 2.24) is 9.29 Å². The average molecular weight is 548 g/mol. The summed E-state index contributed by atoms with van der Waals surface area (Å²) >= 11 is 1.39. The molecule has 1 saturated heterocycles. The topological polar surface area (TPSA) is 88.6 Å². The molecule has 0 unspecified atom stereocenters. The van der Waals surface area contributed by atoms with E-state index in [9.17, 15) is 13.2 Å². The molecule has 7 nitrogen and oxygen atoms in total. The second-order valence-electron chi connectivity index (χ2n) is 9.24. The van der Waals surface area contributed by atoms with Crippen molar-refractivity contribution in [2.75, 3.05) is 25.5 Å². The Morgan fingerprint density at radius 2 is 1.63 bits per heavy atom. The molecular weight excluding hydrogens is 518 g/mol. The van der Waals surface area contributed by atoms with Crippen molar-refractivity contribution in [3.8, 4) is 17.0 Å². The Hall–Kier alpha value is -3.53. The molecule has 1 aliphatic rings. The number of carbonyl (C=O) groups is 1. The van der Waals surface area contributed by atoms with Gasteiger partial charge < -0.3 is 10.1 Å². The highest BCUT2D eigenvalue weighted by Crippen LogP contribution is 2.29. The summed E-state index contributed by atoms with van der Waals surface area (Å²) in [4.78, 5) is 17.7. The molecule has 1 N–H and O–H groups in total. The highest BCUT2D eigenvalue weighted by molar-refractivity contribution is 7.89. The Labute approximate surface area is 227 Å². The van der Waals surface area contributed by atoms with Gasteiger partial charge in [0.15, 0.2) is 5.13 Å². The minimum Gasteiger partial charge on any atom is -0.497 e. The van der Waals surface area contributed by atoms with Crippen LogP contribution in [0.25, 0.3) is 11.3 Å². The molecule has 1 aromatic heterocycles. The van der Waals surface area contributed by atoms with Crippen molar-refractivity contribution in [1.29, 1.82) is 0 Å². The first-order valence-corrected chi connectivity index (χ1v) is 14.8. The standard InChI is InChI=1S/C29H29N3O4S2/c1-36-25-11-13-26(14-12-25)38(34,35)32-17-15-24(16-18-32)28(33)31-29-30-27(20-37-29)23-9-7-22(8-10-23)19-21-5-3-2-4-6-21/h2-14,20,24H,15-19H2,1H3,(H,30,31,33). The Morgan fingerprint density at radius 3 is 2.29 bits per heavy atom. The summed E-state index contributed by atoms with van der Waals surface area (Å²) in [5.74, 6) is 0.220. The monoisotopic (exact) mass is 547 g/mol. The predicted octanol–water partition coefficient (Wildman–Crippen LogP) is 5.45. The van der Waals surface area contributed by atoms with Crippen LogP contribution in [0.2, 0.25) is 0 Å². The maximum atomic E-state index is 13.0. The number of nitrogens with zero attached hydrogens (tertiary/aromatic N) is 2. The first kappa shape index (κ1) is 26.1. The number of sulfonamides is 1. The summed E-state index contributed by atoms with van der Waals surface area (Å²) in [7, 11) is -2.07. The van der Waals surface area contributed by atoms with Gasteiger partial charge in [-0.25, -0.2) is 13.4 Å². The lowest BCUT2D eigenvalue weighted by Gasteiger charge is -2.30. The second-order valence-corrected chi connectivity index (χ2v) is 12.0. The number of thiazole rings is 1. The number of rotatable bonds is 8. The molecule has 1 aliphatic heterocycles. The van der Waals surface area contributed by atoms with Crippen LogP contribution in [-0.4, -0.2) is 43.8 Å². The number of hydrogen-bond acceptors (Lipinski definition) is 6. The van der Waals surface area contributed by atoms with Crippen LogP contribution in [0.15, 0.2) is 89.1 Å². The van der Waals surface area contributed by atoms with Crippen molar-refractivity contribution in [3.63, 3.8) is 0 Å². The number of piperidine rings is 1. The number of nitrogens with one attached hydrogen (secondary N) is 1. The summed E-state index contributed by atoms with van der Waals surface area (Å²) < 4.78 is 32.5. The van der Waals surface area contributed by atoms with Gasteiger partial charge in [0.25, 0.3) is 0 Å². The molecule has 0 atom stereocenters. The molecular formula is C29H29N3O4S2. The summed E-state index contributed by atoms with van der Waals surface area (Å²) in [6.45, 7) is 0.593. The first-order valence-electron chi connectivity index (χ1n) is 12.5. The van der Waals surface area contributed by atoms with Gasteiger partial charge >= 0.3 is 0 Å². The molecule has 4 aromatic rings. The van der Waals surface area contributed by atoms with Gasteiger partial charge in [-0.15, -0.1) is 11.3 Å². The molecule has 1 fully saturated rings. The Balaban J connectivity index is 1.15. The first-order chi connectivity index (χ1) is 18.4. The minimum absolute atomic E-state index is 0.120. The van der Waals surface area contributed by atoms with Gasteiger partial charge in [-0.3, -0.25) is 4.79 Å². The van der Waals surface area contributed by atoms with Gasteiger partial charge in [0, 0.05) is 30.0 Å². The number of hydrogen-bond donors (Lipinski definition) is 1. The number of carbonyl (C=O) groups excluding carboxylic acids is 1. The largest absolute Gasteiger partial charge is 0.497 e. The molecule has 3 aromatic carbocycles. The average Bonchev–Trinajstić information content (AvgIpc) is 3.42. The Bertz CT molecular complexity index is 1480. The number of benzene rings is 3. The summed E-state index contributed by atoms with van der Waals surface area (Å²) in [6.07, 6.45) is 1.80. The van der Waals surface area contributed by atoms with Crippen LogP contribution in [-0.2, 0) is 21.2 Å². The van der Waals surface area contributed by atoms with E-state index < -0.39 is 10.0 Å². The van der Waals surface area contributed by atoms with E-state index in [1.54, 1.807) is 24.3 Å². The van der Waals surface area contributed by atoms with Gasteiger partial charge in [0.05, 0.1) is 17.7 Å². The van der Waals surface area contributed by atoms with Crippen LogP contribution in [0.4, 0.5) is 5.13 Å². The quantitative estimate of drug-likeness (QED) is 0.317. The minimum atomic E-state index is -3.61. The van der Waals surface area contributed by atoms with E-state index in [1.807, 2.05) is 23.6 Å². The molecule has 38 heavy (non-hydrogen) atoms. The van der Waals surface area contributed by atoms with E-state index in [1.165, 1.54) is 33.9 Å². The second kappa shape index (κ2) is 11.5. The lowest BCUT2D eigenvalue weighted by molar-refractivity contribution is -0.120. The maximum absolute atomic E-state index is 13.0. The fourth-order valence-corrected chi connectivity index (χ4v) is 6.74. The third kappa shape index (κ3) is 5.96. The van der Waals surface area contributed by atoms with Gasteiger partial charge in [-0.1, -0.05) is 54.6 Å². The van der Waals surface area contributed by atoms with Gasteiger partial charge in [0.2, 0.25) is 15.9 Å². The highest BCUT2D eigenvalue weighted by Gasteiger charge is 2.32. The molecule has 0 bridgehead atoms. The SMILES string of the molecule is COc1ccc(S(=O)(=O)N2CCC(C(=O)Nc3nc(-c4ccc(Cc5ccccc5)cc4)cs3)CC2)cc1. The van der Waals surface area contributed by atoms with Gasteiger partial charge in [-0.05, 0) is 54.7 Å². The van der Waals surface area contributed by atoms with Crippen molar-refractivity contribution < 1.29 is 17.9 Å². The summed E-state index contributed by atoms with van der Waals surface area (Å²) in [6, 6.07) is 25.0. The lowest BCUT2D eigenvalue weighted by Crippen LogP contribution is -2.41. The third-order valence-electron chi connectivity index (χ3n) is 6.76. The molecule has 9 heteroatoms. The fraction of sp³-hybridized carbons (Fsp3) is 0.241. The summed E-state index contributed by atoms with van der Waals surface area (Å²) in [5, 5.41) is 5.41. The normalized spacial score (nSPS) is 14.8. The van der Waals surface area contributed by atoms with E-state index in [2.05, 4.69) is 46.7 Å². The van der Waals surface area contributed by atoms with Crippen LogP contribution < -0.4 is 10.1 Å². The fourth-order valence-electron chi connectivity index (χ4n) is 4.55. The van der Waals surface area contributed by atoms with Crippen molar-refractivity contribution in [2.45, 2.75) is 24.2 Å². The highest BCUT2D eigenvalue weighted by atomic mass is 32.2. The smallest absolute Gasteiger partial charge is 0.243 e. The molecule has 196 valence electrons. The van der Waals surface area contributed by atoms with Crippen LogP contribution in [0.1, 0.15) is 24.0 Å². The maximum Gasteiger partial charge on any atom is 0.243 e. The Morgan fingerprint density at radius 1 is 0.974 bits per heavy atom. The molecule has 0 aliphatic carbocycles. The number of aromatic nitrogens is 1. The zero-order valence-corrected chi connectivity index (χ0v) is 22.7. The van der Waals surface area contributed by atoms with E-state index in [0.717, 1.165) is 17.7 Å². The molecule has 0 radical (unpaired) electrons. The zero-order chi connectivity index (χ0) is 26.5. The van der Waals surface area contributed by atoms with E-state index >= 15 is 0 Å². The molecule has 1 amide bonds. The van der Waals surface area contributed by atoms with Crippen molar-refractivity contribution >= 4 is 32.4 Å². The number of anilines is 1. The van der Waals surface area contributed by atoms with Crippen molar-refractivity contribution in [3.05, 3.63) is 95.4 Å². The van der Waals surface area contributed by atoms with Gasteiger partial charge in [-0.2, -0.15) is 4.31 Å². The van der Waals surface area contributed by atoms with E-state index in [4.69, 9.17) is 4.74 Å². The molecule has 0 spiro atoms. The van der Waals surface area contributed by atoms with Crippen LogP contribution >= 0.6 is 11.3 Å². The van der Waals surface area contributed by atoms with Crippen LogP contribution in [0.3, 0.4) is 0 Å². The molecule has 5 rings (SSSR count). The van der Waals surface area contributed by atoms with E-state index in [0.29, 0.717) is 36.8 Å². The molecule has 2 heterocycles. The predicted molar refractivity (Wildman–Crippen MR) is 150 cm³/mol. The van der Waals surface area contributed by atoms with Crippen LogP contribution in [0.5, 0.6) is 5.75 Å². The Kier molecular flexibility index (Phi) is 7.87. The zero-order valence-electron chi connectivity index (χ0n) is 21.0. The third-order valence-corrected chi connectivity index (χ3v) is 9.43. The number of amides is 1. The van der Waals surface area contributed by atoms with Crippen molar-refractivity contribution in [2.24, 2.45) is 5.92 Å².